The number of rotatable bonds is 5. The van der Waals surface area contributed by atoms with Gasteiger partial charge in [-0.2, -0.15) is 0 Å². The van der Waals surface area contributed by atoms with Gasteiger partial charge in [0.25, 0.3) is 0 Å². The van der Waals surface area contributed by atoms with Gasteiger partial charge in [0.15, 0.2) is 0 Å². The zero-order valence-corrected chi connectivity index (χ0v) is 23.7. The number of aromatic nitrogens is 3. The van der Waals surface area contributed by atoms with Gasteiger partial charge in [0.05, 0.1) is 11.0 Å². The van der Waals surface area contributed by atoms with Crippen LogP contribution in [0.2, 0.25) is 0 Å². The van der Waals surface area contributed by atoms with Crippen molar-refractivity contribution >= 4 is 56.1 Å². The van der Waals surface area contributed by atoms with Gasteiger partial charge in [-0.15, -0.1) is 0 Å². The third-order valence-electron chi connectivity index (χ3n) is 8.33. The monoisotopic (exact) mass is 566 g/mol. The fraction of sp³-hybridized carbons (Fsp3) is 0. The molecule has 0 unspecified atom stereocenters. The fourth-order valence-electron chi connectivity index (χ4n) is 6.30. The van der Waals surface area contributed by atoms with Gasteiger partial charge in [-0.1, -0.05) is 91.0 Å². The van der Waals surface area contributed by atoms with E-state index in [0.29, 0.717) is 0 Å². The molecule has 0 bridgehead atoms. The standard InChI is InChI=1S/C39H26N4O/c1-4-12-27(13-5-1)28-20-22-31(23-21-28)41(29-14-6-2-7-15-29)32-24-25-34-35(26-32)42(30-16-8-3-9-17-30)39-40-37-33-18-10-11-19-36(33)44-38(37)43(34)39/h1-26H. The van der Waals surface area contributed by atoms with Gasteiger partial charge < -0.3 is 9.32 Å². The minimum atomic E-state index is 0.755. The van der Waals surface area contributed by atoms with Crippen molar-refractivity contribution in [1.29, 1.82) is 0 Å². The minimum absolute atomic E-state index is 0.755. The van der Waals surface area contributed by atoms with Gasteiger partial charge in [-0.25, -0.2) is 9.38 Å². The minimum Gasteiger partial charge on any atom is -0.437 e. The van der Waals surface area contributed by atoms with Gasteiger partial charge >= 0.3 is 0 Å². The first kappa shape index (κ1) is 24.5. The lowest BCUT2D eigenvalue weighted by Gasteiger charge is -2.26. The topological polar surface area (TPSA) is 38.6 Å². The van der Waals surface area contributed by atoms with Crippen molar-refractivity contribution < 1.29 is 4.42 Å². The predicted molar refractivity (Wildman–Crippen MR) is 179 cm³/mol. The van der Waals surface area contributed by atoms with E-state index in [1.807, 2.05) is 30.3 Å². The molecular formula is C39H26N4O. The van der Waals surface area contributed by atoms with E-state index in [0.717, 1.165) is 61.8 Å². The molecule has 0 aliphatic rings. The third-order valence-corrected chi connectivity index (χ3v) is 8.33. The van der Waals surface area contributed by atoms with Crippen LogP contribution in [-0.2, 0) is 0 Å². The number of imidazole rings is 2. The van der Waals surface area contributed by atoms with E-state index in [1.54, 1.807) is 0 Å². The first-order chi connectivity index (χ1) is 21.8. The van der Waals surface area contributed by atoms with E-state index in [1.165, 1.54) is 11.1 Å². The normalized spacial score (nSPS) is 11.6. The molecule has 5 heteroatoms. The quantitative estimate of drug-likeness (QED) is 0.208. The Balaban J connectivity index is 1.28. The highest BCUT2D eigenvalue weighted by Gasteiger charge is 2.23. The molecule has 0 radical (unpaired) electrons. The van der Waals surface area contributed by atoms with E-state index >= 15 is 0 Å². The van der Waals surface area contributed by atoms with Crippen LogP contribution in [0.1, 0.15) is 0 Å². The summed E-state index contributed by atoms with van der Waals surface area (Å²) in [6.07, 6.45) is 0. The molecule has 9 rings (SSSR count). The lowest BCUT2D eigenvalue weighted by atomic mass is 10.0. The first-order valence-electron chi connectivity index (χ1n) is 14.7. The molecule has 44 heavy (non-hydrogen) atoms. The summed E-state index contributed by atoms with van der Waals surface area (Å²) in [5.74, 6) is 0.821. The summed E-state index contributed by atoms with van der Waals surface area (Å²) in [6, 6.07) is 54.9. The number of hydrogen-bond acceptors (Lipinski definition) is 3. The van der Waals surface area contributed by atoms with Gasteiger partial charge in [-0.05, 0) is 77.9 Å². The van der Waals surface area contributed by atoms with Crippen LogP contribution < -0.4 is 4.90 Å². The van der Waals surface area contributed by atoms with Crippen LogP contribution in [-0.4, -0.2) is 14.0 Å². The summed E-state index contributed by atoms with van der Waals surface area (Å²) in [4.78, 5) is 7.47. The average Bonchev–Trinajstić information content (AvgIpc) is 3.73. The molecule has 0 saturated heterocycles. The fourth-order valence-corrected chi connectivity index (χ4v) is 6.30. The Morgan fingerprint density at radius 3 is 1.91 bits per heavy atom. The maximum atomic E-state index is 6.40. The van der Waals surface area contributed by atoms with Gasteiger partial charge in [-0.3, -0.25) is 4.57 Å². The molecule has 0 amide bonds. The molecule has 0 spiro atoms. The van der Waals surface area contributed by atoms with E-state index in [4.69, 9.17) is 9.40 Å². The Hall–Kier alpha value is -6.07. The summed E-state index contributed by atoms with van der Waals surface area (Å²) in [7, 11) is 0. The van der Waals surface area contributed by atoms with Crippen LogP contribution >= 0.6 is 0 Å². The first-order valence-corrected chi connectivity index (χ1v) is 14.7. The molecule has 0 N–H and O–H groups in total. The van der Waals surface area contributed by atoms with E-state index in [9.17, 15) is 0 Å². The van der Waals surface area contributed by atoms with Crippen molar-refractivity contribution in [3.63, 3.8) is 0 Å². The van der Waals surface area contributed by atoms with Crippen LogP contribution in [0.4, 0.5) is 17.1 Å². The van der Waals surface area contributed by atoms with E-state index in [-0.39, 0.29) is 0 Å². The summed E-state index contributed by atoms with van der Waals surface area (Å²) in [5.41, 5.74) is 11.2. The number of fused-ring (bicyclic) bond motifs is 7. The lowest BCUT2D eigenvalue weighted by molar-refractivity contribution is 0.651. The summed E-state index contributed by atoms with van der Waals surface area (Å²) in [6.45, 7) is 0. The molecule has 9 aromatic rings. The van der Waals surface area contributed by atoms with Crippen molar-refractivity contribution in [1.82, 2.24) is 14.0 Å². The third kappa shape index (κ3) is 3.76. The van der Waals surface area contributed by atoms with Gasteiger partial charge in [0.1, 0.15) is 11.1 Å². The van der Waals surface area contributed by atoms with Crippen molar-refractivity contribution in [2.75, 3.05) is 4.90 Å². The average molecular weight is 567 g/mol. The van der Waals surface area contributed by atoms with Crippen LogP contribution in [0.25, 0.3) is 55.8 Å². The number of hydrogen-bond donors (Lipinski definition) is 0. The van der Waals surface area contributed by atoms with E-state index < -0.39 is 0 Å². The molecule has 3 heterocycles. The summed E-state index contributed by atoms with van der Waals surface area (Å²) < 4.78 is 10.8. The second-order valence-corrected chi connectivity index (χ2v) is 10.9. The molecule has 0 aliphatic heterocycles. The largest absolute Gasteiger partial charge is 0.437 e. The second kappa shape index (κ2) is 9.75. The Morgan fingerprint density at radius 2 is 1.14 bits per heavy atom. The summed E-state index contributed by atoms with van der Waals surface area (Å²) in [5, 5.41) is 1.02. The lowest BCUT2D eigenvalue weighted by Crippen LogP contribution is -2.10. The maximum Gasteiger partial charge on any atom is 0.234 e. The van der Waals surface area contributed by atoms with Crippen molar-refractivity contribution in [3.8, 4) is 16.8 Å². The maximum absolute atomic E-state index is 6.40. The SMILES string of the molecule is c1ccc(-c2ccc(N(c3ccccc3)c3ccc4c(c3)n(-c3ccccc3)c3nc5c6ccccc6oc5n43)cc2)cc1. The second-order valence-electron chi connectivity index (χ2n) is 10.9. The predicted octanol–water partition coefficient (Wildman–Crippen LogP) is 10.3. The highest BCUT2D eigenvalue weighted by atomic mass is 16.3. The molecule has 208 valence electrons. The number of nitrogens with zero attached hydrogens (tertiary/aromatic N) is 4. The van der Waals surface area contributed by atoms with Crippen LogP contribution in [0.15, 0.2) is 162 Å². The number of para-hydroxylation sites is 3. The Kier molecular flexibility index (Phi) is 5.43. The molecule has 0 atom stereocenters. The molecule has 5 nitrogen and oxygen atoms in total. The van der Waals surface area contributed by atoms with Crippen LogP contribution in [0, 0.1) is 0 Å². The molecule has 0 aliphatic carbocycles. The molecule has 6 aromatic carbocycles. The molecular weight excluding hydrogens is 540 g/mol. The highest BCUT2D eigenvalue weighted by molar-refractivity contribution is 6.05. The number of anilines is 3. The van der Waals surface area contributed by atoms with Crippen molar-refractivity contribution in [2.45, 2.75) is 0 Å². The Bertz CT molecular complexity index is 2420. The summed E-state index contributed by atoms with van der Waals surface area (Å²) >= 11 is 0. The van der Waals surface area contributed by atoms with Gasteiger partial charge in [0.2, 0.25) is 11.5 Å². The smallest absolute Gasteiger partial charge is 0.234 e. The number of benzene rings is 6. The van der Waals surface area contributed by atoms with Crippen LogP contribution in [0.3, 0.4) is 0 Å². The molecule has 0 fully saturated rings. The van der Waals surface area contributed by atoms with Gasteiger partial charge in [0, 0.05) is 28.1 Å². The molecule has 0 saturated carbocycles. The number of furan rings is 1. The zero-order valence-electron chi connectivity index (χ0n) is 23.7. The van der Waals surface area contributed by atoms with Crippen molar-refractivity contribution in [2.24, 2.45) is 0 Å². The molecule has 3 aromatic heterocycles. The zero-order chi connectivity index (χ0) is 29.0. The van der Waals surface area contributed by atoms with E-state index in [2.05, 4.69) is 141 Å². The Morgan fingerprint density at radius 1 is 0.523 bits per heavy atom. The Labute approximate surface area is 253 Å². The highest BCUT2D eigenvalue weighted by Crippen LogP contribution is 2.40. The van der Waals surface area contributed by atoms with Crippen LogP contribution in [0.5, 0.6) is 0 Å². The van der Waals surface area contributed by atoms with Crippen molar-refractivity contribution in [3.05, 3.63) is 158 Å².